The van der Waals surface area contributed by atoms with Gasteiger partial charge >= 0.3 is 0 Å². The first-order valence-electron chi connectivity index (χ1n) is 10.7. The maximum absolute atomic E-state index is 2.42. The normalized spacial score (nSPS) is 12.8. The lowest BCUT2D eigenvalue weighted by Gasteiger charge is -2.09. The molecular formula is C29H19B. The maximum atomic E-state index is 2.42. The Labute approximate surface area is 175 Å². The van der Waals surface area contributed by atoms with Crippen molar-refractivity contribution < 1.29 is 0 Å². The predicted molar refractivity (Wildman–Crippen MR) is 133 cm³/mol. The minimum Gasteiger partial charge on any atom is -0.0774 e. The Bertz CT molecular complexity index is 1530. The molecule has 0 radical (unpaired) electrons. The highest BCUT2D eigenvalue weighted by molar-refractivity contribution is 6.89. The number of benzene rings is 6. The van der Waals surface area contributed by atoms with Crippen LogP contribution in [0.3, 0.4) is 0 Å². The third-order valence-electron chi connectivity index (χ3n) is 6.97. The summed E-state index contributed by atoms with van der Waals surface area (Å²) >= 11 is 0. The Kier molecular flexibility index (Phi) is 3.11. The predicted octanol–water partition coefficient (Wildman–Crippen LogP) is 6.52. The second-order valence-electron chi connectivity index (χ2n) is 8.69. The van der Waals surface area contributed by atoms with E-state index in [1.165, 1.54) is 65.1 Å². The van der Waals surface area contributed by atoms with E-state index < -0.39 is 0 Å². The van der Waals surface area contributed by atoms with Crippen molar-refractivity contribution >= 4 is 60.7 Å². The lowest BCUT2D eigenvalue weighted by atomic mass is 9.45. The molecule has 0 nitrogen and oxygen atoms in total. The number of rotatable bonds is 0. The SMILES string of the molecule is CB1c2cc3cc4ccccc4cc3cc2-c2cc3cc4ccccc4cc3cc21. The number of hydrogen-bond acceptors (Lipinski definition) is 0. The van der Waals surface area contributed by atoms with Gasteiger partial charge < -0.3 is 0 Å². The summed E-state index contributed by atoms with van der Waals surface area (Å²) in [5.74, 6) is 0. The molecule has 138 valence electrons. The van der Waals surface area contributed by atoms with Gasteiger partial charge in [-0.25, -0.2) is 0 Å². The molecule has 0 N–H and O–H groups in total. The topological polar surface area (TPSA) is 0 Å². The molecular weight excluding hydrogens is 359 g/mol. The van der Waals surface area contributed by atoms with Crippen molar-refractivity contribution in [2.75, 3.05) is 0 Å². The van der Waals surface area contributed by atoms with Crippen LogP contribution in [-0.4, -0.2) is 6.71 Å². The van der Waals surface area contributed by atoms with E-state index >= 15 is 0 Å². The van der Waals surface area contributed by atoms with E-state index in [1.807, 2.05) is 0 Å². The molecule has 0 bridgehead atoms. The highest BCUT2D eigenvalue weighted by Gasteiger charge is 2.29. The zero-order valence-corrected chi connectivity index (χ0v) is 16.8. The van der Waals surface area contributed by atoms with Crippen LogP contribution >= 0.6 is 0 Å². The van der Waals surface area contributed by atoms with Crippen molar-refractivity contribution in [2.45, 2.75) is 6.82 Å². The average Bonchev–Trinajstić information content (AvgIpc) is 3.03. The van der Waals surface area contributed by atoms with Crippen LogP contribution in [0.25, 0.3) is 54.2 Å². The van der Waals surface area contributed by atoms with Gasteiger partial charge in [0, 0.05) is 0 Å². The van der Waals surface area contributed by atoms with E-state index in [9.17, 15) is 0 Å². The Hall–Kier alpha value is -3.58. The summed E-state index contributed by atoms with van der Waals surface area (Å²) in [6, 6.07) is 36.3. The third-order valence-corrected chi connectivity index (χ3v) is 6.97. The molecule has 0 aliphatic carbocycles. The standard InChI is InChI=1S/C29H19B/c1-30-28-16-24-12-20-8-4-2-6-18(20)10-22(24)14-26(28)27-15-23-11-19-7-3-5-9-21(19)13-25(23)17-29(27)30/h2-17H,1H3. The van der Waals surface area contributed by atoms with Crippen molar-refractivity contribution in [2.24, 2.45) is 0 Å². The maximum Gasteiger partial charge on any atom is 0.207 e. The van der Waals surface area contributed by atoms with Crippen molar-refractivity contribution in [3.05, 3.63) is 97.1 Å². The fraction of sp³-hybridized carbons (Fsp3) is 0.0345. The summed E-state index contributed by atoms with van der Waals surface area (Å²) in [4.78, 5) is 0. The van der Waals surface area contributed by atoms with Crippen molar-refractivity contribution in [3.63, 3.8) is 0 Å². The second-order valence-corrected chi connectivity index (χ2v) is 8.69. The largest absolute Gasteiger partial charge is 0.207 e. The quantitative estimate of drug-likeness (QED) is 0.209. The summed E-state index contributed by atoms with van der Waals surface area (Å²) in [7, 11) is 0. The summed E-state index contributed by atoms with van der Waals surface area (Å²) in [6.45, 7) is 2.77. The molecule has 7 rings (SSSR count). The van der Waals surface area contributed by atoms with Gasteiger partial charge in [-0.05, 0) is 90.6 Å². The minimum atomic E-state index is 0.418. The Morgan fingerprint density at radius 2 is 0.733 bits per heavy atom. The molecule has 0 unspecified atom stereocenters. The summed E-state index contributed by atoms with van der Waals surface area (Å²) < 4.78 is 0. The molecule has 0 spiro atoms. The van der Waals surface area contributed by atoms with Gasteiger partial charge in [0.2, 0.25) is 6.71 Å². The Balaban J connectivity index is 1.52. The van der Waals surface area contributed by atoms with Crippen molar-refractivity contribution in [1.29, 1.82) is 0 Å². The summed E-state index contributed by atoms with van der Waals surface area (Å²) in [6.07, 6.45) is 0. The van der Waals surface area contributed by atoms with Gasteiger partial charge in [-0.3, -0.25) is 0 Å². The van der Waals surface area contributed by atoms with E-state index in [0.29, 0.717) is 6.71 Å². The van der Waals surface area contributed by atoms with Crippen LogP contribution in [0.2, 0.25) is 6.82 Å². The first-order valence-corrected chi connectivity index (χ1v) is 10.7. The zero-order valence-electron chi connectivity index (χ0n) is 16.8. The Morgan fingerprint density at radius 3 is 1.10 bits per heavy atom. The van der Waals surface area contributed by atoms with Gasteiger partial charge in [0.15, 0.2) is 0 Å². The Morgan fingerprint density at radius 1 is 0.400 bits per heavy atom. The lowest BCUT2D eigenvalue weighted by molar-refractivity contribution is 1.76. The van der Waals surface area contributed by atoms with Gasteiger partial charge in [0.25, 0.3) is 0 Å². The van der Waals surface area contributed by atoms with E-state index in [-0.39, 0.29) is 0 Å². The van der Waals surface area contributed by atoms with Gasteiger partial charge in [0.05, 0.1) is 0 Å². The van der Waals surface area contributed by atoms with E-state index in [4.69, 9.17) is 0 Å². The molecule has 1 aliphatic heterocycles. The number of hydrogen-bond donors (Lipinski definition) is 0. The van der Waals surface area contributed by atoms with Crippen molar-refractivity contribution in [3.8, 4) is 11.1 Å². The second kappa shape index (κ2) is 5.74. The molecule has 0 saturated heterocycles. The highest BCUT2D eigenvalue weighted by Crippen LogP contribution is 2.33. The molecule has 6 aromatic carbocycles. The van der Waals surface area contributed by atoms with Crippen LogP contribution in [0.5, 0.6) is 0 Å². The highest BCUT2D eigenvalue weighted by atomic mass is 14.2. The van der Waals surface area contributed by atoms with E-state index in [2.05, 4.69) is 104 Å². The fourth-order valence-electron chi connectivity index (χ4n) is 5.37. The molecule has 0 amide bonds. The van der Waals surface area contributed by atoms with Gasteiger partial charge in [-0.15, -0.1) is 0 Å². The molecule has 30 heavy (non-hydrogen) atoms. The van der Waals surface area contributed by atoms with Crippen molar-refractivity contribution in [1.82, 2.24) is 0 Å². The lowest BCUT2D eigenvalue weighted by Crippen LogP contribution is -2.34. The molecule has 6 aromatic rings. The van der Waals surface area contributed by atoms with Crippen LogP contribution in [0, 0.1) is 0 Å². The molecule has 1 heterocycles. The molecule has 0 atom stereocenters. The van der Waals surface area contributed by atoms with Crippen LogP contribution in [-0.2, 0) is 0 Å². The number of fused-ring (bicyclic) bond motifs is 7. The summed E-state index contributed by atoms with van der Waals surface area (Å²) in [5, 5.41) is 10.6. The van der Waals surface area contributed by atoms with Crippen LogP contribution in [0.1, 0.15) is 0 Å². The molecule has 1 heteroatoms. The van der Waals surface area contributed by atoms with Crippen LogP contribution in [0.15, 0.2) is 97.1 Å². The monoisotopic (exact) mass is 378 g/mol. The molecule has 0 fully saturated rings. The smallest absolute Gasteiger partial charge is 0.0774 e. The van der Waals surface area contributed by atoms with Crippen LogP contribution in [0.4, 0.5) is 0 Å². The first kappa shape index (κ1) is 16.2. The molecule has 0 saturated carbocycles. The molecule has 0 aromatic heterocycles. The van der Waals surface area contributed by atoms with Gasteiger partial charge in [-0.2, -0.15) is 0 Å². The van der Waals surface area contributed by atoms with E-state index in [1.54, 1.807) is 0 Å². The van der Waals surface area contributed by atoms with Gasteiger partial charge in [-0.1, -0.05) is 78.4 Å². The third kappa shape index (κ3) is 2.18. The first-order chi connectivity index (χ1) is 14.7. The van der Waals surface area contributed by atoms with Crippen LogP contribution < -0.4 is 10.9 Å². The molecule has 1 aliphatic rings. The minimum absolute atomic E-state index is 0.418. The van der Waals surface area contributed by atoms with Gasteiger partial charge in [0.1, 0.15) is 0 Å². The van der Waals surface area contributed by atoms with E-state index in [0.717, 1.165) is 0 Å². The fourth-order valence-corrected chi connectivity index (χ4v) is 5.37. The average molecular weight is 378 g/mol. The zero-order chi connectivity index (χ0) is 19.8. The summed E-state index contributed by atoms with van der Waals surface area (Å²) in [5.41, 5.74) is 5.70.